The van der Waals surface area contributed by atoms with Crippen LogP contribution < -0.4 is 10.2 Å². The van der Waals surface area contributed by atoms with Crippen LogP contribution in [0.1, 0.15) is 29.0 Å². The predicted molar refractivity (Wildman–Crippen MR) is 90.8 cm³/mol. The zero-order valence-electron chi connectivity index (χ0n) is 13.0. The highest BCUT2D eigenvalue weighted by Gasteiger charge is 2.28. The van der Waals surface area contributed by atoms with Crippen LogP contribution >= 0.6 is 11.3 Å². The van der Waals surface area contributed by atoms with Gasteiger partial charge in [0.05, 0.1) is 6.42 Å². The number of aromatic nitrogens is 2. The van der Waals surface area contributed by atoms with Crippen molar-refractivity contribution in [1.29, 1.82) is 0 Å². The zero-order chi connectivity index (χ0) is 15.6. The van der Waals surface area contributed by atoms with Gasteiger partial charge in [-0.25, -0.2) is 9.97 Å². The number of carbonyl (C=O) groups is 1. The van der Waals surface area contributed by atoms with Gasteiger partial charge in [-0.2, -0.15) is 0 Å². The number of rotatable bonds is 4. The molecule has 120 valence electrons. The number of aryl methyl sites for hydroxylation is 1. The van der Waals surface area contributed by atoms with E-state index in [0.29, 0.717) is 6.42 Å². The van der Waals surface area contributed by atoms with Gasteiger partial charge in [-0.15, -0.1) is 11.3 Å². The second kappa shape index (κ2) is 6.28. The summed E-state index contributed by atoms with van der Waals surface area (Å²) < 4.78 is 0. The molecule has 2 aliphatic rings. The van der Waals surface area contributed by atoms with Crippen molar-refractivity contribution in [3.05, 3.63) is 40.0 Å². The molecule has 1 fully saturated rings. The third-order valence-electron chi connectivity index (χ3n) is 4.62. The van der Waals surface area contributed by atoms with Crippen LogP contribution in [0.3, 0.4) is 0 Å². The topological polar surface area (TPSA) is 58.1 Å². The summed E-state index contributed by atoms with van der Waals surface area (Å²) in [6.07, 6.45) is 6.47. The van der Waals surface area contributed by atoms with Gasteiger partial charge in [-0.05, 0) is 37.1 Å². The number of amides is 1. The third-order valence-corrected chi connectivity index (χ3v) is 5.50. The number of thiophene rings is 1. The van der Waals surface area contributed by atoms with Gasteiger partial charge < -0.3 is 10.2 Å². The molecule has 1 saturated heterocycles. The largest absolute Gasteiger partial charge is 0.354 e. The molecule has 1 atom stereocenters. The second-order valence-corrected chi connectivity index (χ2v) is 7.26. The molecule has 1 aliphatic heterocycles. The Morgan fingerprint density at radius 2 is 2.35 bits per heavy atom. The smallest absolute Gasteiger partial charge is 0.225 e. The van der Waals surface area contributed by atoms with Crippen LogP contribution in [0.2, 0.25) is 0 Å². The summed E-state index contributed by atoms with van der Waals surface area (Å²) in [4.78, 5) is 24.5. The van der Waals surface area contributed by atoms with Crippen molar-refractivity contribution in [2.45, 2.75) is 38.1 Å². The minimum Gasteiger partial charge on any atom is -0.354 e. The average Bonchev–Trinajstić information content (AvgIpc) is 3.27. The van der Waals surface area contributed by atoms with Gasteiger partial charge in [-0.3, -0.25) is 4.79 Å². The number of fused-ring (bicyclic) bond motifs is 1. The van der Waals surface area contributed by atoms with E-state index in [-0.39, 0.29) is 11.9 Å². The fourth-order valence-electron chi connectivity index (χ4n) is 3.54. The normalized spacial score (nSPS) is 19.8. The van der Waals surface area contributed by atoms with E-state index in [1.165, 1.54) is 17.7 Å². The van der Waals surface area contributed by atoms with Crippen LogP contribution in [-0.2, 0) is 24.1 Å². The van der Waals surface area contributed by atoms with Crippen LogP contribution in [-0.4, -0.2) is 35.0 Å². The Morgan fingerprint density at radius 3 is 3.22 bits per heavy atom. The number of nitrogens with zero attached hydrogens (tertiary/aromatic N) is 3. The maximum Gasteiger partial charge on any atom is 0.225 e. The molecular formula is C17H20N4OS. The molecule has 2 aromatic heterocycles. The summed E-state index contributed by atoms with van der Waals surface area (Å²) in [6.45, 7) is 1.80. The number of carbonyl (C=O) groups excluding carboxylic acids is 1. The zero-order valence-corrected chi connectivity index (χ0v) is 13.8. The van der Waals surface area contributed by atoms with Gasteiger partial charge in [-0.1, -0.05) is 6.07 Å². The highest BCUT2D eigenvalue weighted by molar-refractivity contribution is 7.10. The van der Waals surface area contributed by atoms with Crippen molar-refractivity contribution in [3.63, 3.8) is 0 Å². The van der Waals surface area contributed by atoms with Crippen molar-refractivity contribution in [1.82, 2.24) is 15.3 Å². The molecular weight excluding hydrogens is 308 g/mol. The molecule has 0 aromatic carbocycles. The summed E-state index contributed by atoms with van der Waals surface area (Å²) in [6, 6.07) is 4.21. The van der Waals surface area contributed by atoms with Crippen molar-refractivity contribution in [2.75, 3.05) is 18.0 Å². The molecule has 2 aromatic rings. The lowest BCUT2D eigenvalue weighted by Gasteiger charge is -2.20. The lowest BCUT2D eigenvalue weighted by molar-refractivity contribution is -0.120. The predicted octanol–water partition coefficient (Wildman–Crippen LogP) is 1.96. The first-order chi connectivity index (χ1) is 11.3. The highest BCUT2D eigenvalue weighted by atomic mass is 32.1. The van der Waals surface area contributed by atoms with Gasteiger partial charge in [0, 0.05) is 35.3 Å². The fourth-order valence-corrected chi connectivity index (χ4v) is 4.24. The molecule has 1 N–H and O–H groups in total. The van der Waals surface area contributed by atoms with Crippen LogP contribution in [0.15, 0.2) is 23.8 Å². The van der Waals surface area contributed by atoms with Crippen molar-refractivity contribution in [2.24, 2.45) is 0 Å². The third kappa shape index (κ3) is 3.08. The van der Waals surface area contributed by atoms with Crippen LogP contribution in [0.4, 0.5) is 5.82 Å². The highest BCUT2D eigenvalue weighted by Crippen LogP contribution is 2.29. The van der Waals surface area contributed by atoms with Crippen molar-refractivity contribution >= 4 is 23.1 Å². The van der Waals surface area contributed by atoms with Crippen LogP contribution in [0.25, 0.3) is 0 Å². The van der Waals surface area contributed by atoms with E-state index < -0.39 is 0 Å². The van der Waals surface area contributed by atoms with E-state index in [0.717, 1.165) is 43.0 Å². The first-order valence-corrected chi connectivity index (χ1v) is 9.07. The fraction of sp³-hybridized carbons (Fsp3) is 0.471. The molecule has 0 spiro atoms. The molecule has 1 unspecified atom stereocenters. The molecule has 0 bridgehead atoms. The first kappa shape index (κ1) is 14.6. The quantitative estimate of drug-likeness (QED) is 0.932. The second-order valence-electron chi connectivity index (χ2n) is 6.23. The van der Waals surface area contributed by atoms with Gasteiger partial charge in [0.15, 0.2) is 0 Å². The summed E-state index contributed by atoms with van der Waals surface area (Å²) >= 11 is 1.63. The molecule has 4 rings (SSSR count). The van der Waals surface area contributed by atoms with E-state index in [4.69, 9.17) is 0 Å². The van der Waals surface area contributed by atoms with Gasteiger partial charge in [0.2, 0.25) is 5.91 Å². The summed E-state index contributed by atoms with van der Waals surface area (Å²) in [5.41, 5.74) is 2.53. The molecule has 1 aliphatic carbocycles. The van der Waals surface area contributed by atoms with Crippen LogP contribution in [0.5, 0.6) is 0 Å². The number of anilines is 1. The molecule has 23 heavy (non-hydrogen) atoms. The van der Waals surface area contributed by atoms with E-state index in [1.54, 1.807) is 17.7 Å². The minimum atomic E-state index is 0.118. The Kier molecular flexibility index (Phi) is 3.99. The molecule has 5 nitrogen and oxygen atoms in total. The van der Waals surface area contributed by atoms with E-state index in [9.17, 15) is 4.79 Å². The lowest BCUT2D eigenvalue weighted by Crippen LogP contribution is -2.38. The molecule has 3 heterocycles. The Bertz CT molecular complexity index is 701. The molecule has 6 heteroatoms. The van der Waals surface area contributed by atoms with Crippen LogP contribution in [0, 0.1) is 0 Å². The van der Waals surface area contributed by atoms with Crippen molar-refractivity contribution in [3.8, 4) is 0 Å². The van der Waals surface area contributed by atoms with Gasteiger partial charge >= 0.3 is 0 Å². The maximum absolute atomic E-state index is 12.1. The Morgan fingerprint density at radius 1 is 1.39 bits per heavy atom. The Balaban J connectivity index is 1.38. The SMILES string of the molecule is O=C(Cc1cccs1)NC1CCN(c2ncnc3c2CCC3)C1. The summed E-state index contributed by atoms with van der Waals surface area (Å²) in [5, 5.41) is 5.18. The average molecular weight is 328 g/mol. The minimum absolute atomic E-state index is 0.118. The van der Waals surface area contributed by atoms with E-state index in [1.807, 2.05) is 17.5 Å². The number of hydrogen-bond donors (Lipinski definition) is 1. The van der Waals surface area contributed by atoms with Gasteiger partial charge in [0.25, 0.3) is 0 Å². The number of nitrogens with one attached hydrogen (secondary N) is 1. The number of hydrogen-bond acceptors (Lipinski definition) is 5. The maximum atomic E-state index is 12.1. The Labute approximate surface area is 139 Å². The van der Waals surface area contributed by atoms with E-state index >= 15 is 0 Å². The van der Waals surface area contributed by atoms with Crippen molar-refractivity contribution < 1.29 is 4.79 Å². The van der Waals surface area contributed by atoms with Gasteiger partial charge in [0.1, 0.15) is 12.1 Å². The first-order valence-electron chi connectivity index (χ1n) is 8.19. The van der Waals surface area contributed by atoms with E-state index in [2.05, 4.69) is 20.2 Å². The Hall–Kier alpha value is -1.95. The standard InChI is InChI=1S/C17H20N4OS/c22-16(9-13-3-2-8-23-13)20-12-6-7-21(10-12)17-14-4-1-5-15(14)18-11-19-17/h2-3,8,11-12H,1,4-7,9-10H2,(H,20,22). The lowest BCUT2D eigenvalue weighted by atomic mass is 10.2. The molecule has 1 amide bonds. The summed E-state index contributed by atoms with van der Waals surface area (Å²) in [5.74, 6) is 1.20. The molecule has 0 saturated carbocycles. The molecule has 0 radical (unpaired) electrons. The summed E-state index contributed by atoms with van der Waals surface area (Å²) in [7, 11) is 0. The monoisotopic (exact) mass is 328 g/mol.